The second-order valence-electron chi connectivity index (χ2n) is 4.95. The molecule has 0 aliphatic carbocycles. The van der Waals surface area contributed by atoms with Gasteiger partial charge in [0.1, 0.15) is 4.88 Å². The van der Waals surface area contributed by atoms with Crippen molar-refractivity contribution in [2.45, 2.75) is 31.6 Å². The minimum absolute atomic E-state index is 0.0705. The third kappa shape index (κ3) is 2.82. The molecule has 1 N–H and O–H groups in total. The molecule has 5 nitrogen and oxygen atoms in total. The van der Waals surface area contributed by atoms with Crippen LogP contribution >= 0.6 is 11.3 Å². The number of nitrogens with zero attached hydrogens (tertiary/aromatic N) is 1. The van der Waals surface area contributed by atoms with Crippen LogP contribution in [-0.2, 0) is 10.0 Å². The quantitative estimate of drug-likeness (QED) is 0.928. The number of aromatic carboxylic acids is 1. The summed E-state index contributed by atoms with van der Waals surface area (Å²) < 4.78 is 26.5. The highest BCUT2D eigenvalue weighted by molar-refractivity contribution is 7.89. The van der Waals surface area contributed by atoms with Crippen molar-refractivity contribution in [2.75, 3.05) is 13.1 Å². The summed E-state index contributed by atoms with van der Waals surface area (Å²) in [6, 6.07) is 1.27. The number of carboxylic acids is 1. The van der Waals surface area contributed by atoms with Crippen LogP contribution in [0.25, 0.3) is 0 Å². The standard InChI is InChI=1S/C12H17NO4S2/c1-8-4-3-5-13(7-8)19(16,17)11-6-10(12(14)15)18-9(11)2/h6,8H,3-5,7H2,1-2H3,(H,14,15). The van der Waals surface area contributed by atoms with E-state index in [4.69, 9.17) is 5.11 Å². The van der Waals surface area contributed by atoms with Crippen LogP contribution in [0.3, 0.4) is 0 Å². The van der Waals surface area contributed by atoms with Crippen LogP contribution in [0, 0.1) is 12.8 Å². The van der Waals surface area contributed by atoms with E-state index in [9.17, 15) is 13.2 Å². The molecule has 0 saturated carbocycles. The van der Waals surface area contributed by atoms with Crippen molar-refractivity contribution < 1.29 is 18.3 Å². The van der Waals surface area contributed by atoms with E-state index in [0.717, 1.165) is 24.2 Å². The van der Waals surface area contributed by atoms with Gasteiger partial charge in [0.25, 0.3) is 0 Å². The second-order valence-corrected chi connectivity index (χ2v) is 8.11. The van der Waals surface area contributed by atoms with Crippen molar-refractivity contribution in [3.63, 3.8) is 0 Å². The average Bonchev–Trinajstić information content (AvgIpc) is 2.72. The lowest BCUT2D eigenvalue weighted by molar-refractivity contribution is 0.0702. The van der Waals surface area contributed by atoms with Gasteiger partial charge < -0.3 is 5.11 Å². The fourth-order valence-corrected chi connectivity index (χ4v) is 5.33. The molecule has 1 aromatic heterocycles. The number of aryl methyl sites for hydroxylation is 1. The molecule has 106 valence electrons. The predicted octanol–water partition coefficient (Wildman–Crippen LogP) is 2.18. The highest BCUT2D eigenvalue weighted by Crippen LogP contribution is 2.30. The van der Waals surface area contributed by atoms with Gasteiger partial charge in [0.2, 0.25) is 10.0 Å². The molecule has 1 aliphatic heterocycles. The normalized spacial score (nSPS) is 21.5. The first-order valence-electron chi connectivity index (χ1n) is 6.16. The lowest BCUT2D eigenvalue weighted by Gasteiger charge is -2.29. The molecule has 1 aromatic rings. The van der Waals surface area contributed by atoms with Gasteiger partial charge in [0.05, 0.1) is 4.90 Å². The van der Waals surface area contributed by atoms with Crippen molar-refractivity contribution in [2.24, 2.45) is 5.92 Å². The Morgan fingerprint density at radius 1 is 1.53 bits per heavy atom. The highest BCUT2D eigenvalue weighted by atomic mass is 32.2. The van der Waals surface area contributed by atoms with Gasteiger partial charge >= 0.3 is 5.97 Å². The van der Waals surface area contributed by atoms with Crippen LogP contribution < -0.4 is 0 Å². The maximum Gasteiger partial charge on any atom is 0.345 e. The summed E-state index contributed by atoms with van der Waals surface area (Å²) >= 11 is 1.01. The van der Waals surface area contributed by atoms with Crippen molar-refractivity contribution in [1.82, 2.24) is 4.31 Å². The lowest BCUT2D eigenvalue weighted by Crippen LogP contribution is -2.39. The van der Waals surface area contributed by atoms with Crippen LogP contribution in [0.5, 0.6) is 0 Å². The van der Waals surface area contributed by atoms with E-state index in [1.165, 1.54) is 10.4 Å². The molecule has 19 heavy (non-hydrogen) atoms. The van der Waals surface area contributed by atoms with E-state index in [-0.39, 0.29) is 9.77 Å². The summed E-state index contributed by atoms with van der Waals surface area (Å²) in [7, 11) is -3.56. The highest BCUT2D eigenvalue weighted by Gasteiger charge is 2.31. The topological polar surface area (TPSA) is 74.7 Å². The zero-order valence-corrected chi connectivity index (χ0v) is 12.6. The van der Waals surface area contributed by atoms with Crippen LogP contribution in [0.4, 0.5) is 0 Å². The van der Waals surface area contributed by atoms with E-state index in [2.05, 4.69) is 0 Å². The Labute approximate surface area is 116 Å². The first kappa shape index (κ1) is 14.5. The van der Waals surface area contributed by atoms with Gasteiger partial charge in [0, 0.05) is 18.0 Å². The van der Waals surface area contributed by atoms with Crippen molar-refractivity contribution in [1.29, 1.82) is 0 Å². The van der Waals surface area contributed by atoms with Crippen molar-refractivity contribution in [3.05, 3.63) is 15.8 Å². The molecule has 7 heteroatoms. The summed E-state index contributed by atoms with van der Waals surface area (Å²) in [4.78, 5) is 11.7. The molecule has 1 unspecified atom stereocenters. The lowest BCUT2D eigenvalue weighted by atomic mass is 10.0. The molecule has 1 aliphatic rings. The third-order valence-corrected chi connectivity index (χ3v) is 6.48. The largest absolute Gasteiger partial charge is 0.477 e. The van der Waals surface area contributed by atoms with E-state index < -0.39 is 16.0 Å². The molecular formula is C12H17NO4S2. The summed E-state index contributed by atoms with van der Waals surface area (Å²) in [5.41, 5.74) is 0. The predicted molar refractivity (Wildman–Crippen MR) is 73.2 cm³/mol. The van der Waals surface area contributed by atoms with E-state index in [1.807, 2.05) is 6.92 Å². The molecule has 1 fully saturated rings. The minimum Gasteiger partial charge on any atom is -0.477 e. The number of thiophene rings is 1. The van der Waals surface area contributed by atoms with Gasteiger partial charge in [-0.2, -0.15) is 4.31 Å². The van der Waals surface area contributed by atoms with Crippen LogP contribution in [0.2, 0.25) is 0 Å². The van der Waals surface area contributed by atoms with E-state index in [1.54, 1.807) is 6.92 Å². The molecular weight excluding hydrogens is 286 g/mol. The van der Waals surface area contributed by atoms with Gasteiger partial charge in [-0.25, -0.2) is 13.2 Å². The van der Waals surface area contributed by atoms with Gasteiger partial charge in [-0.15, -0.1) is 11.3 Å². The van der Waals surface area contributed by atoms with Crippen molar-refractivity contribution in [3.8, 4) is 0 Å². The summed E-state index contributed by atoms with van der Waals surface area (Å²) in [5, 5.41) is 8.94. The number of carboxylic acid groups (broad SMARTS) is 1. The number of hydrogen-bond acceptors (Lipinski definition) is 4. The van der Waals surface area contributed by atoms with Gasteiger partial charge in [-0.1, -0.05) is 6.92 Å². The molecule has 0 aromatic carbocycles. The van der Waals surface area contributed by atoms with Gasteiger partial charge in [0.15, 0.2) is 0 Å². The average molecular weight is 303 g/mol. The second kappa shape index (κ2) is 5.22. The number of sulfonamides is 1. The van der Waals surface area contributed by atoms with Gasteiger partial charge in [-0.3, -0.25) is 0 Å². The Hall–Kier alpha value is -0.920. The first-order valence-corrected chi connectivity index (χ1v) is 8.42. The molecule has 0 bridgehead atoms. The Balaban J connectivity index is 2.36. The molecule has 0 spiro atoms. The van der Waals surface area contributed by atoms with E-state index in [0.29, 0.717) is 23.9 Å². The third-order valence-electron chi connectivity index (χ3n) is 3.32. The first-order chi connectivity index (χ1) is 8.82. The zero-order valence-electron chi connectivity index (χ0n) is 10.9. The van der Waals surface area contributed by atoms with Crippen LogP contribution in [0.15, 0.2) is 11.0 Å². The minimum atomic E-state index is -3.56. The molecule has 0 amide bonds. The monoisotopic (exact) mass is 303 g/mol. The SMILES string of the molecule is Cc1sc(C(=O)O)cc1S(=O)(=O)N1CCCC(C)C1. The Morgan fingerprint density at radius 3 is 2.74 bits per heavy atom. The number of piperidine rings is 1. The molecule has 2 rings (SSSR count). The smallest absolute Gasteiger partial charge is 0.345 e. The fourth-order valence-electron chi connectivity index (χ4n) is 2.33. The zero-order chi connectivity index (χ0) is 14.2. The van der Waals surface area contributed by atoms with Crippen LogP contribution in [-0.4, -0.2) is 36.9 Å². The Kier molecular flexibility index (Phi) is 3.98. The number of hydrogen-bond donors (Lipinski definition) is 1. The maximum atomic E-state index is 12.5. The molecule has 0 radical (unpaired) electrons. The molecule has 1 atom stereocenters. The molecule has 2 heterocycles. The van der Waals surface area contributed by atoms with Crippen molar-refractivity contribution >= 4 is 27.3 Å². The molecule has 1 saturated heterocycles. The number of rotatable bonds is 3. The van der Waals surface area contributed by atoms with Crippen LogP contribution in [0.1, 0.15) is 34.3 Å². The summed E-state index contributed by atoms with van der Waals surface area (Å²) in [5.74, 6) is -0.733. The Bertz CT molecular complexity index is 591. The fraction of sp³-hybridized carbons (Fsp3) is 0.583. The van der Waals surface area contributed by atoms with Gasteiger partial charge in [-0.05, 0) is 31.7 Å². The summed E-state index contributed by atoms with van der Waals surface area (Å²) in [6.07, 6.45) is 1.89. The Morgan fingerprint density at radius 2 is 2.21 bits per heavy atom. The number of carbonyl (C=O) groups is 1. The maximum absolute atomic E-state index is 12.5. The summed E-state index contributed by atoms with van der Waals surface area (Å²) in [6.45, 7) is 4.71. The van der Waals surface area contributed by atoms with E-state index >= 15 is 0 Å².